The summed E-state index contributed by atoms with van der Waals surface area (Å²) in [6, 6.07) is 0.963. The van der Waals surface area contributed by atoms with E-state index in [2.05, 4.69) is 0 Å². The Hall–Kier alpha value is -1.52. The average Bonchev–Trinajstić information content (AvgIpc) is 1.97. The quantitative estimate of drug-likeness (QED) is 0.214. The van der Waals surface area contributed by atoms with Crippen LogP contribution in [0.25, 0.3) is 0 Å². The van der Waals surface area contributed by atoms with Crippen molar-refractivity contribution in [2.45, 2.75) is 0 Å². The Balaban J connectivity index is 3.46. The van der Waals surface area contributed by atoms with Gasteiger partial charge in [-0.15, -0.1) is 0 Å². The minimum atomic E-state index is -0.611. The van der Waals surface area contributed by atoms with Gasteiger partial charge in [0.15, 0.2) is 17.2 Å². The number of phenols is 4. The molecule has 4 nitrogen and oxygen atoms in total. The van der Waals surface area contributed by atoms with Crippen LogP contribution in [0, 0.1) is 0 Å². The molecule has 0 amide bonds. The summed E-state index contributed by atoms with van der Waals surface area (Å²) in [5, 5.41) is 35.7. The van der Waals surface area contributed by atoms with Crippen molar-refractivity contribution in [3.8, 4) is 23.0 Å². The molecule has 0 fully saturated rings. The molecule has 0 aliphatic rings. The topological polar surface area (TPSA) is 80.9 Å². The molecule has 0 heterocycles. The fourth-order valence-corrected chi connectivity index (χ4v) is 0.726. The lowest BCUT2D eigenvalue weighted by atomic mass is 9.93. The van der Waals surface area contributed by atoms with Crippen molar-refractivity contribution in [3.63, 3.8) is 0 Å². The highest BCUT2D eigenvalue weighted by Crippen LogP contribution is 2.35. The lowest BCUT2D eigenvalue weighted by molar-refractivity contribution is 0.364. The van der Waals surface area contributed by atoms with E-state index < -0.39 is 17.2 Å². The van der Waals surface area contributed by atoms with E-state index >= 15 is 0 Å². The molecule has 0 unspecified atom stereocenters. The summed E-state index contributed by atoms with van der Waals surface area (Å²) in [7, 11) is 1.42. The van der Waals surface area contributed by atoms with Crippen molar-refractivity contribution in [1.29, 1.82) is 0 Å². The molecule has 0 aliphatic carbocycles. The van der Waals surface area contributed by atoms with Gasteiger partial charge in [-0.2, -0.15) is 0 Å². The summed E-state index contributed by atoms with van der Waals surface area (Å²) in [5.74, 6) is -1.90. The normalized spacial score (nSPS) is 9.82. The zero-order valence-corrected chi connectivity index (χ0v) is 5.87. The molecule has 1 aromatic carbocycles. The first-order chi connectivity index (χ1) is 5.04. The second kappa shape index (κ2) is 2.27. The fourth-order valence-electron chi connectivity index (χ4n) is 0.726. The second-order valence-corrected chi connectivity index (χ2v) is 2.24. The van der Waals surface area contributed by atoms with Crippen LogP contribution in [0.4, 0.5) is 0 Å². The van der Waals surface area contributed by atoms with E-state index in [9.17, 15) is 0 Å². The Bertz CT molecular complexity index is 271. The van der Waals surface area contributed by atoms with Crippen molar-refractivity contribution in [2.24, 2.45) is 0 Å². The van der Waals surface area contributed by atoms with Crippen LogP contribution in [0.3, 0.4) is 0 Å². The van der Waals surface area contributed by atoms with E-state index in [1.54, 1.807) is 0 Å². The largest absolute Gasteiger partial charge is 0.508 e. The second-order valence-electron chi connectivity index (χ2n) is 2.24. The molecule has 0 aromatic heterocycles. The Morgan fingerprint density at radius 1 is 0.909 bits per heavy atom. The summed E-state index contributed by atoms with van der Waals surface area (Å²) in [5.41, 5.74) is 0.139. The van der Waals surface area contributed by atoms with E-state index in [1.165, 1.54) is 7.85 Å². The van der Waals surface area contributed by atoms with Gasteiger partial charge in [0.1, 0.15) is 13.6 Å². The summed E-state index contributed by atoms with van der Waals surface area (Å²) in [6.07, 6.45) is 0. The predicted molar refractivity (Wildman–Crippen MR) is 41.3 cm³/mol. The molecule has 0 atom stereocenters. The van der Waals surface area contributed by atoms with Gasteiger partial charge in [-0.1, -0.05) is 0 Å². The number of aromatic hydroxyl groups is 4. The number of rotatable bonds is 0. The molecule has 0 radical (unpaired) electrons. The van der Waals surface area contributed by atoms with Crippen molar-refractivity contribution in [1.82, 2.24) is 0 Å². The zero-order chi connectivity index (χ0) is 8.59. The monoisotopic (exact) mass is 154 g/mol. The number of phenolic OH excluding ortho intramolecular Hbond substituents is 4. The molecule has 1 rings (SSSR count). The van der Waals surface area contributed by atoms with Gasteiger partial charge < -0.3 is 20.4 Å². The van der Waals surface area contributed by atoms with E-state index in [-0.39, 0.29) is 11.2 Å². The lowest BCUT2D eigenvalue weighted by Gasteiger charge is -2.05. The third-order valence-corrected chi connectivity index (χ3v) is 1.48. The third-order valence-electron chi connectivity index (χ3n) is 1.48. The summed E-state index contributed by atoms with van der Waals surface area (Å²) < 4.78 is 0. The molecule has 58 valence electrons. The van der Waals surface area contributed by atoms with Crippen LogP contribution in [-0.4, -0.2) is 28.3 Å². The van der Waals surface area contributed by atoms with Crippen molar-refractivity contribution in [3.05, 3.63) is 6.07 Å². The van der Waals surface area contributed by atoms with Crippen LogP contribution in [0.5, 0.6) is 23.0 Å². The van der Waals surface area contributed by atoms with Gasteiger partial charge in [0.25, 0.3) is 0 Å². The van der Waals surface area contributed by atoms with Crippen molar-refractivity contribution >= 4 is 13.3 Å². The average molecular weight is 154 g/mol. The van der Waals surface area contributed by atoms with Gasteiger partial charge in [0.05, 0.1) is 0 Å². The molecule has 0 aliphatic heterocycles. The maximum atomic E-state index is 9.00. The first kappa shape index (κ1) is 7.59. The highest BCUT2D eigenvalue weighted by Gasteiger charge is 2.11. The van der Waals surface area contributed by atoms with Crippen LogP contribution >= 0.6 is 0 Å². The minimum absolute atomic E-state index is 0.139. The maximum absolute atomic E-state index is 9.00. The van der Waals surface area contributed by atoms with Gasteiger partial charge in [0, 0.05) is 6.07 Å². The van der Waals surface area contributed by atoms with Crippen LogP contribution in [-0.2, 0) is 0 Å². The van der Waals surface area contributed by atoms with E-state index in [0.29, 0.717) is 0 Å². The molecule has 0 saturated carbocycles. The molecule has 11 heavy (non-hydrogen) atoms. The molecule has 1 aromatic rings. The SMILES string of the molecule is Bc1c(O)cc(O)c(O)c1O. The van der Waals surface area contributed by atoms with Crippen molar-refractivity contribution in [2.75, 3.05) is 0 Å². The van der Waals surface area contributed by atoms with Crippen LogP contribution in [0.15, 0.2) is 6.07 Å². The Labute approximate surface area is 63.8 Å². The molecule has 0 spiro atoms. The van der Waals surface area contributed by atoms with Gasteiger partial charge in [0.2, 0.25) is 0 Å². The van der Waals surface area contributed by atoms with Gasteiger partial charge in [-0.3, -0.25) is 0 Å². The number of hydrogen-bond acceptors (Lipinski definition) is 4. The molecule has 0 saturated heterocycles. The first-order valence-electron chi connectivity index (χ1n) is 2.97. The van der Waals surface area contributed by atoms with Crippen molar-refractivity contribution < 1.29 is 20.4 Å². The molecule has 5 heteroatoms. The standard InChI is InChI=1S/C6H7BO4/c7-4-2(8)1-3(9)5(10)6(4)11/h1,8-11H,7H2. The Kier molecular flexibility index (Phi) is 1.56. The smallest absolute Gasteiger partial charge is 0.199 e. The Morgan fingerprint density at radius 3 is 2.00 bits per heavy atom. The third kappa shape index (κ3) is 1.04. The van der Waals surface area contributed by atoms with Gasteiger partial charge in [-0.25, -0.2) is 0 Å². The van der Waals surface area contributed by atoms with E-state index in [4.69, 9.17) is 20.4 Å². The maximum Gasteiger partial charge on any atom is 0.199 e. The van der Waals surface area contributed by atoms with Gasteiger partial charge in [-0.05, 0) is 5.46 Å². The Morgan fingerprint density at radius 2 is 1.45 bits per heavy atom. The fraction of sp³-hybridized carbons (Fsp3) is 0. The van der Waals surface area contributed by atoms with Gasteiger partial charge >= 0.3 is 0 Å². The highest BCUT2D eigenvalue weighted by molar-refractivity contribution is 6.36. The van der Waals surface area contributed by atoms with Crippen LogP contribution < -0.4 is 5.46 Å². The van der Waals surface area contributed by atoms with E-state index in [1.807, 2.05) is 0 Å². The molecular weight excluding hydrogens is 147 g/mol. The molecular formula is C6H7BO4. The minimum Gasteiger partial charge on any atom is -0.508 e. The van der Waals surface area contributed by atoms with Crippen LogP contribution in [0.2, 0.25) is 0 Å². The number of hydrogen-bond donors (Lipinski definition) is 4. The van der Waals surface area contributed by atoms with E-state index in [0.717, 1.165) is 6.07 Å². The number of benzene rings is 1. The summed E-state index contributed by atoms with van der Waals surface area (Å²) >= 11 is 0. The lowest BCUT2D eigenvalue weighted by Crippen LogP contribution is -2.03. The summed E-state index contributed by atoms with van der Waals surface area (Å²) in [6.45, 7) is 0. The molecule has 0 bridgehead atoms. The predicted octanol–water partition coefficient (Wildman–Crippen LogP) is -1.23. The summed E-state index contributed by atoms with van der Waals surface area (Å²) in [4.78, 5) is 0. The first-order valence-corrected chi connectivity index (χ1v) is 2.97. The highest BCUT2D eigenvalue weighted by atomic mass is 16.3. The molecule has 4 N–H and O–H groups in total. The zero-order valence-electron chi connectivity index (χ0n) is 5.87. The van der Waals surface area contributed by atoms with Crippen LogP contribution in [0.1, 0.15) is 0 Å².